The minimum Gasteiger partial charge on any atom is -0.330 e. The average Bonchev–Trinajstić information content (AvgIpc) is 3.26. The fourth-order valence-corrected chi connectivity index (χ4v) is 4.00. The SMILES string of the molecule is CCn1nccc1CN1CCC(n2cnc3c2CCCC3)C1. The first-order chi connectivity index (χ1) is 10.8. The van der Waals surface area contributed by atoms with Crippen LogP contribution in [-0.4, -0.2) is 37.3 Å². The van der Waals surface area contributed by atoms with Crippen molar-refractivity contribution in [2.75, 3.05) is 13.1 Å². The van der Waals surface area contributed by atoms with Crippen molar-refractivity contribution in [3.8, 4) is 0 Å². The number of aromatic nitrogens is 4. The van der Waals surface area contributed by atoms with Crippen LogP contribution in [0.4, 0.5) is 0 Å². The Labute approximate surface area is 131 Å². The molecule has 2 aromatic heterocycles. The lowest BCUT2D eigenvalue weighted by Crippen LogP contribution is -2.23. The van der Waals surface area contributed by atoms with E-state index >= 15 is 0 Å². The number of hydrogen-bond donors (Lipinski definition) is 0. The summed E-state index contributed by atoms with van der Waals surface area (Å²) in [6.45, 7) is 6.43. The molecule has 118 valence electrons. The van der Waals surface area contributed by atoms with Gasteiger partial charge in [0.25, 0.3) is 0 Å². The lowest BCUT2D eigenvalue weighted by molar-refractivity contribution is 0.304. The molecule has 3 heterocycles. The van der Waals surface area contributed by atoms with E-state index in [4.69, 9.17) is 0 Å². The first-order valence-electron chi connectivity index (χ1n) is 8.62. The lowest BCUT2D eigenvalue weighted by atomic mass is 10.0. The Morgan fingerprint density at radius 2 is 2.18 bits per heavy atom. The van der Waals surface area contributed by atoms with Crippen LogP contribution in [0.3, 0.4) is 0 Å². The van der Waals surface area contributed by atoms with Gasteiger partial charge in [0.2, 0.25) is 0 Å². The number of imidazole rings is 1. The molecule has 1 fully saturated rings. The van der Waals surface area contributed by atoms with E-state index in [1.807, 2.05) is 6.20 Å². The highest BCUT2D eigenvalue weighted by Gasteiger charge is 2.27. The molecule has 0 radical (unpaired) electrons. The molecule has 0 saturated carbocycles. The molecular formula is C17H25N5. The Bertz CT molecular complexity index is 641. The van der Waals surface area contributed by atoms with Gasteiger partial charge in [0.1, 0.15) is 0 Å². The second-order valence-corrected chi connectivity index (χ2v) is 6.57. The maximum Gasteiger partial charge on any atom is 0.0954 e. The summed E-state index contributed by atoms with van der Waals surface area (Å²) in [5.41, 5.74) is 4.20. The van der Waals surface area contributed by atoms with E-state index in [0.717, 1.165) is 19.6 Å². The molecule has 0 N–H and O–H groups in total. The third kappa shape index (κ3) is 2.47. The molecule has 0 aromatic carbocycles. The summed E-state index contributed by atoms with van der Waals surface area (Å²) in [7, 11) is 0. The number of fused-ring (bicyclic) bond motifs is 1. The fourth-order valence-electron chi connectivity index (χ4n) is 4.00. The number of hydrogen-bond acceptors (Lipinski definition) is 3. The van der Waals surface area contributed by atoms with Crippen LogP contribution in [0.1, 0.15) is 49.3 Å². The summed E-state index contributed by atoms with van der Waals surface area (Å²) >= 11 is 0. The van der Waals surface area contributed by atoms with Gasteiger partial charge in [0.15, 0.2) is 0 Å². The van der Waals surface area contributed by atoms with E-state index in [9.17, 15) is 0 Å². The molecule has 2 aromatic rings. The average molecular weight is 299 g/mol. The molecule has 1 aliphatic heterocycles. The smallest absolute Gasteiger partial charge is 0.0954 e. The van der Waals surface area contributed by atoms with Crippen LogP contribution < -0.4 is 0 Å². The summed E-state index contributed by atoms with van der Waals surface area (Å²) in [6.07, 6.45) is 10.3. The highest BCUT2D eigenvalue weighted by Crippen LogP contribution is 2.28. The fraction of sp³-hybridized carbons (Fsp3) is 0.647. The molecule has 5 nitrogen and oxygen atoms in total. The minimum absolute atomic E-state index is 0.604. The van der Waals surface area contributed by atoms with E-state index in [0.29, 0.717) is 6.04 Å². The zero-order chi connectivity index (χ0) is 14.9. The minimum atomic E-state index is 0.604. The van der Waals surface area contributed by atoms with Gasteiger partial charge in [-0.25, -0.2) is 4.98 Å². The Kier molecular flexibility index (Phi) is 3.74. The highest BCUT2D eigenvalue weighted by molar-refractivity contribution is 5.17. The number of nitrogens with zero attached hydrogens (tertiary/aromatic N) is 5. The van der Waals surface area contributed by atoms with Gasteiger partial charge in [-0.2, -0.15) is 5.10 Å². The molecular weight excluding hydrogens is 274 g/mol. The van der Waals surface area contributed by atoms with Crippen LogP contribution in [0.2, 0.25) is 0 Å². The van der Waals surface area contributed by atoms with Gasteiger partial charge in [0, 0.05) is 44.1 Å². The zero-order valence-corrected chi connectivity index (χ0v) is 13.4. The van der Waals surface area contributed by atoms with Gasteiger partial charge < -0.3 is 4.57 Å². The van der Waals surface area contributed by atoms with E-state index in [-0.39, 0.29) is 0 Å². The summed E-state index contributed by atoms with van der Waals surface area (Å²) in [5, 5.41) is 4.38. The maximum atomic E-state index is 4.66. The summed E-state index contributed by atoms with van der Waals surface area (Å²) in [5.74, 6) is 0. The molecule has 5 heteroatoms. The monoisotopic (exact) mass is 299 g/mol. The van der Waals surface area contributed by atoms with Gasteiger partial charge in [-0.3, -0.25) is 9.58 Å². The second-order valence-electron chi connectivity index (χ2n) is 6.57. The van der Waals surface area contributed by atoms with Crippen molar-refractivity contribution in [3.63, 3.8) is 0 Å². The third-order valence-corrected chi connectivity index (χ3v) is 5.19. The second kappa shape index (κ2) is 5.88. The van der Waals surface area contributed by atoms with Crippen LogP contribution in [0.25, 0.3) is 0 Å². The van der Waals surface area contributed by atoms with E-state index < -0.39 is 0 Å². The summed E-state index contributed by atoms with van der Waals surface area (Å²) in [6, 6.07) is 2.75. The van der Waals surface area contributed by atoms with E-state index in [2.05, 4.69) is 43.5 Å². The molecule has 1 atom stereocenters. The Morgan fingerprint density at radius 3 is 3.09 bits per heavy atom. The number of aryl methyl sites for hydroxylation is 2. The van der Waals surface area contributed by atoms with Gasteiger partial charge in [-0.15, -0.1) is 0 Å². The molecule has 0 amide bonds. The molecule has 0 spiro atoms. The predicted molar refractivity (Wildman–Crippen MR) is 85.7 cm³/mol. The zero-order valence-electron chi connectivity index (χ0n) is 13.4. The van der Waals surface area contributed by atoms with Gasteiger partial charge >= 0.3 is 0 Å². The largest absolute Gasteiger partial charge is 0.330 e. The molecule has 1 aliphatic carbocycles. The van der Waals surface area contributed by atoms with Gasteiger partial charge in [-0.1, -0.05) is 0 Å². The summed E-state index contributed by atoms with van der Waals surface area (Å²) in [4.78, 5) is 7.22. The van der Waals surface area contributed by atoms with Gasteiger partial charge in [0.05, 0.1) is 17.7 Å². The van der Waals surface area contributed by atoms with Gasteiger partial charge in [-0.05, 0) is 45.1 Å². The predicted octanol–water partition coefficient (Wildman–Crippen LogP) is 2.43. The van der Waals surface area contributed by atoms with E-state index in [1.54, 1.807) is 0 Å². The normalized spacial score (nSPS) is 22.1. The van der Waals surface area contributed by atoms with Crippen molar-refractivity contribution in [1.29, 1.82) is 0 Å². The van der Waals surface area contributed by atoms with Crippen LogP contribution in [0, 0.1) is 0 Å². The quantitative estimate of drug-likeness (QED) is 0.870. The van der Waals surface area contributed by atoms with Crippen LogP contribution >= 0.6 is 0 Å². The Hall–Kier alpha value is -1.62. The van der Waals surface area contributed by atoms with Crippen molar-refractivity contribution in [2.45, 2.75) is 58.2 Å². The van der Waals surface area contributed by atoms with Crippen molar-refractivity contribution in [1.82, 2.24) is 24.2 Å². The Morgan fingerprint density at radius 1 is 1.27 bits per heavy atom. The first-order valence-corrected chi connectivity index (χ1v) is 8.62. The topological polar surface area (TPSA) is 38.9 Å². The van der Waals surface area contributed by atoms with Crippen molar-refractivity contribution in [2.24, 2.45) is 0 Å². The highest BCUT2D eigenvalue weighted by atomic mass is 15.3. The van der Waals surface area contributed by atoms with Crippen LogP contribution in [-0.2, 0) is 25.9 Å². The maximum absolute atomic E-state index is 4.66. The first kappa shape index (κ1) is 14.0. The third-order valence-electron chi connectivity index (χ3n) is 5.19. The van der Waals surface area contributed by atoms with Crippen molar-refractivity contribution >= 4 is 0 Å². The molecule has 2 aliphatic rings. The van der Waals surface area contributed by atoms with Crippen molar-refractivity contribution in [3.05, 3.63) is 35.7 Å². The van der Waals surface area contributed by atoms with Crippen LogP contribution in [0.5, 0.6) is 0 Å². The van der Waals surface area contributed by atoms with Crippen LogP contribution in [0.15, 0.2) is 18.6 Å². The Balaban J connectivity index is 1.45. The van der Waals surface area contributed by atoms with E-state index in [1.165, 1.54) is 55.7 Å². The molecule has 22 heavy (non-hydrogen) atoms. The molecule has 0 bridgehead atoms. The standard InChI is InChI=1S/C17H25N5/c1-2-22-15(7-9-19-22)12-20-10-8-14(11-20)21-13-18-16-5-3-4-6-17(16)21/h7,9,13-14H,2-6,8,10-12H2,1H3. The lowest BCUT2D eigenvalue weighted by Gasteiger charge is -2.20. The molecule has 1 saturated heterocycles. The number of likely N-dealkylation sites (tertiary alicyclic amines) is 1. The van der Waals surface area contributed by atoms with Crippen molar-refractivity contribution < 1.29 is 0 Å². The molecule has 4 rings (SSSR count). The summed E-state index contributed by atoms with van der Waals surface area (Å²) < 4.78 is 4.58. The molecule has 1 unspecified atom stereocenters. The number of rotatable bonds is 4.